The fraction of sp³-hybridized carbons (Fsp3) is 0.167. The fourth-order valence-electron chi connectivity index (χ4n) is 2.48. The number of carbonyl (C=O) groups is 1. The maximum Gasteiger partial charge on any atom is 0.287 e. The number of nitrogens with one attached hydrogen (secondary N) is 1. The number of carbonyl (C=O) groups excluding carboxylic acids is 1. The Morgan fingerprint density at radius 3 is 2.69 bits per heavy atom. The molecule has 3 rings (SSSR count). The molecule has 136 valence electrons. The van der Waals surface area contributed by atoms with E-state index in [0.717, 1.165) is 6.07 Å². The van der Waals surface area contributed by atoms with Crippen LogP contribution in [0.3, 0.4) is 0 Å². The molecule has 0 fully saturated rings. The van der Waals surface area contributed by atoms with E-state index in [9.17, 15) is 17.6 Å². The van der Waals surface area contributed by atoms with Crippen molar-refractivity contribution in [2.24, 2.45) is 0 Å². The third-order valence-electron chi connectivity index (χ3n) is 3.89. The van der Waals surface area contributed by atoms with E-state index < -0.39 is 26.8 Å². The van der Waals surface area contributed by atoms with E-state index in [-0.39, 0.29) is 22.8 Å². The predicted octanol–water partition coefficient (Wildman–Crippen LogP) is 3.73. The van der Waals surface area contributed by atoms with E-state index in [0.29, 0.717) is 4.88 Å². The Labute approximate surface area is 154 Å². The van der Waals surface area contributed by atoms with E-state index in [1.165, 1.54) is 42.7 Å². The maximum atomic E-state index is 13.5. The number of sulfone groups is 1. The van der Waals surface area contributed by atoms with Crippen LogP contribution in [-0.2, 0) is 9.84 Å². The molecule has 1 atom stereocenters. The van der Waals surface area contributed by atoms with Gasteiger partial charge in [-0.2, -0.15) is 0 Å². The Balaban J connectivity index is 1.90. The van der Waals surface area contributed by atoms with Gasteiger partial charge < -0.3 is 9.73 Å². The van der Waals surface area contributed by atoms with Crippen molar-refractivity contribution in [1.82, 2.24) is 5.32 Å². The van der Waals surface area contributed by atoms with E-state index in [2.05, 4.69) is 5.32 Å². The highest BCUT2D eigenvalue weighted by Crippen LogP contribution is 2.32. The number of benzene rings is 1. The molecule has 0 bridgehead atoms. The lowest BCUT2D eigenvalue weighted by Crippen LogP contribution is -2.31. The summed E-state index contributed by atoms with van der Waals surface area (Å²) >= 11 is 1.28. The van der Waals surface area contributed by atoms with Gasteiger partial charge in [-0.3, -0.25) is 4.79 Å². The number of rotatable bonds is 6. The number of furan rings is 1. The monoisotopic (exact) mass is 393 g/mol. The van der Waals surface area contributed by atoms with Crippen molar-refractivity contribution < 1.29 is 22.0 Å². The van der Waals surface area contributed by atoms with Crippen LogP contribution in [0.15, 0.2) is 63.4 Å². The third-order valence-corrected chi connectivity index (χ3v) is 7.10. The Bertz CT molecular complexity index is 996. The van der Waals surface area contributed by atoms with Gasteiger partial charge >= 0.3 is 0 Å². The summed E-state index contributed by atoms with van der Waals surface area (Å²) in [5.41, 5.74) is 0.246. The zero-order valence-corrected chi connectivity index (χ0v) is 15.4. The van der Waals surface area contributed by atoms with Gasteiger partial charge in [-0.15, -0.1) is 11.3 Å². The molecular formula is C18H16FNO4S2. The topological polar surface area (TPSA) is 76.4 Å². The van der Waals surface area contributed by atoms with E-state index in [1.54, 1.807) is 23.6 Å². The number of halogens is 1. The first kappa shape index (κ1) is 18.3. The van der Waals surface area contributed by atoms with Gasteiger partial charge in [0, 0.05) is 11.4 Å². The highest BCUT2D eigenvalue weighted by atomic mass is 32.2. The molecule has 3 aromatic rings. The molecule has 2 aromatic heterocycles. The molecule has 1 N–H and O–H groups in total. The minimum Gasteiger partial charge on any atom is -0.459 e. The second-order valence-electron chi connectivity index (χ2n) is 5.65. The first-order valence-corrected chi connectivity index (χ1v) is 10.2. The molecule has 0 spiro atoms. The molecule has 0 aliphatic carbocycles. The number of hydrogen-bond donors (Lipinski definition) is 1. The minimum absolute atomic E-state index is 0.0158. The van der Waals surface area contributed by atoms with Gasteiger partial charge in [-0.1, -0.05) is 6.07 Å². The van der Waals surface area contributed by atoms with Crippen LogP contribution < -0.4 is 5.32 Å². The predicted molar refractivity (Wildman–Crippen MR) is 96.4 cm³/mol. The molecule has 2 heterocycles. The van der Waals surface area contributed by atoms with Crippen LogP contribution in [0.25, 0.3) is 0 Å². The highest BCUT2D eigenvalue weighted by molar-refractivity contribution is 7.91. The largest absolute Gasteiger partial charge is 0.459 e. The van der Waals surface area contributed by atoms with Crippen LogP contribution in [-0.4, -0.2) is 20.9 Å². The summed E-state index contributed by atoms with van der Waals surface area (Å²) in [5, 5.41) is 3.38. The van der Waals surface area contributed by atoms with Crippen molar-refractivity contribution in [1.29, 1.82) is 0 Å². The molecule has 1 aromatic carbocycles. The summed E-state index contributed by atoms with van der Waals surface area (Å²) in [4.78, 5) is 12.7. The zero-order chi connectivity index (χ0) is 18.7. The van der Waals surface area contributed by atoms with Crippen LogP contribution in [0, 0.1) is 12.7 Å². The molecular weight excluding hydrogens is 377 g/mol. The molecule has 0 unspecified atom stereocenters. The standard InChI is InChI=1S/C18H16FNO4S2/c1-12-10-13(6-7-14(12)19)26(22,23)17(16-5-3-9-25-16)11-20-18(21)15-4-2-8-24-15/h2-10,17H,11H2,1H3,(H,20,21)/t17-/m1/s1. The molecule has 0 saturated heterocycles. The number of hydrogen-bond acceptors (Lipinski definition) is 5. The first-order chi connectivity index (χ1) is 12.4. The van der Waals surface area contributed by atoms with Gasteiger partial charge in [0.15, 0.2) is 15.6 Å². The normalized spacial score (nSPS) is 12.7. The van der Waals surface area contributed by atoms with Gasteiger partial charge in [0.1, 0.15) is 11.1 Å². The second kappa shape index (κ2) is 7.43. The third kappa shape index (κ3) is 3.71. The smallest absolute Gasteiger partial charge is 0.287 e. The summed E-state index contributed by atoms with van der Waals surface area (Å²) in [7, 11) is -3.83. The molecule has 8 heteroatoms. The summed E-state index contributed by atoms with van der Waals surface area (Å²) in [6.07, 6.45) is 1.36. The van der Waals surface area contributed by atoms with Crippen molar-refractivity contribution in [2.45, 2.75) is 17.1 Å². The van der Waals surface area contributed by atoms with E-state index >= 15 is 0 Å². The van der Waals surface area contributed by atoms with Crippen molar-refractivity contribution in [3.8, 4) is 0 Å². The van der Waals surface area contributed by atoms with Crippen LogP contribution in [0.5, 0.6) is 0 Å². The summed E-state index contributed by atoms with van der Waals surface area (Å²) < 4.78 is 44.7. The molecule has 5 nitrogen and oxygen atoms in total. The van der Waals surface area contributed by atoms with Gasteiger partial charge in [0.2, 0.25) is 0 Å². The van der Waals surface area contributed by atoms with Gasteiger partial charge in [0.05, 0.1) is 11.2 Å². The minimum atomic E-state index is -3.83. The first-order valence-electron chi connectivity index (χ1n) is 7.75. The summed E-state index contributed by atoms with van der Waals surface area (Å²) in [6.45, 7) is 1.38. The Morgan fingerprint density at radius 1 is 1.27 bits per heavy atom. The van der Waals surface area contributed by atoms with Crippen LogP contribution >= 0.6 is 11.3 Å². The van der Waals surface area contributed by atoms with Gasteiger partial charge in [0.25, 0.3) is 5.91 Å². The maximum absolute atomic E-state index is 13.5. The van der Waals surface area contributed by atoms with Crippen LogP contribution in [0.2, 0.25) is 0 Å². The SMILES string of the molecule is Cc1cc(S(=O)(=O)[C@H](CNC(=O)c2ccco2)c2cccs2)ccc1F. The average molecular weight is 393 g/mol. The number of thiophene rings is 1. The second-order valence-corrected chi connectivity index (χ2v) is 8.76. The lowest BCUT2D eigenvalue weighted by atomic mass is 10.2. The molecule has 26 heavy (non-hydrogen) atoms. The number of aryl methyl sites for hydroxylation is 1. The van der Waals surface area contributed by atoms with Crippen LogP contribution in [0.4, 0.5) is 4.39 Å². The van der Waals surface area contributed by atoms with E-state index in [4.69, 9.17) is 4.42 Å². The Hall–Kier alpha value is -2.45. The Morgan fingerprint density at radius 2 is 2.08 bits per heavy atom. The summed E-state index contributed by atoms with van der Waals surface area (Å²) in [6, 6.07) is 10.2. The van der Waals surface area contributed by atoms with Gasteiger partial charge in [-0.05, 0) is 54.3 Å². The molecule has 0 aliphatic rings. The average Bonchev–Trinajstić information content (AvgIpc) is 3.30. The van der Waals surface area contributed by atoms with Crippen molar-refractivity contribution >= 4 is 27.1 Å². The molecule has 1 amide bonds. The summed E-state index contributed by atoms with van der Waals surface area (Å²) in [5.74, 6) is -0.866. The van der Waals surface area contributed by atoms with Crippen molar-refractivity contribution in [3.05, 3.63) is 76.1 Å². The lowest BCUT2D eigenvalue weighted by Gasteiger charge is -2.17. The highest BCUT2D eigenvalue weighted by Gasteiger charge is 2.31. The molecule has 0 saturated carbocycles. The zero-order valence-electron chi connectivity index (χ0n) is 13.8. The van der Waals surface area contributed by atoms with Crippen molar-refractivity contribution in [2.75, 3.05) is 6.54 Å². The fourth-order valence-corrected chi connectivity index (χ4v) is 5.34. The number of amides is 1. The van der Waals surface area contributed by atoms with Crippen LogP contribution in [0.1, 0.15) is 26.2 Å². The molecule has 0 radical (unpaired) electrons. The Kier molecular flexibility index (Phi) is 5.24. The van der Waals surface area contributed by atoms with Gasteiger partial charge in [-0.25, -0.2) is 12.8 Å². The van der Waals surface area contributed by atoms with Crippen molar-refractivity contribution in [3.63, 3.8) is 0 Å². The molecule has 0 aliphatic heterocycles. The van der Waals surface area contributed by atoms with E-state index in [1.807, 2.05) is 0 Å². The lowest BCUT2D eigenvalue weighted by molar-refractivity contribution is 0.0926. The quantitative estimate of drug-likeness (QED) is 0.648.